The molecule has 31 heavy (non-hydrogen) atoms. The molecule has 1 heterocycles. The minimum Gasteiger partial charge on any atom is -0.294 e. The molecule has 160 valence electrons. The van der Waals surface area contributed by atoms with Gasteiger partial charge in [-0.05, 0) is 36.8 Å². The highest BCUT2D eigenvalue weighted by molar-refractivity contribution is 6.08. The highest BCUT2D eigenvalue weighted by Gasteiger charge is 2.44. The standard InChI is InChI=1S/C25H26N2O4/c1-15-6-5-7-17(10-15)19-12-23(29)26(20-11-18(27(30)31)9-8-16(20)2)21-13-25(3,4)14-22(28)24(19)21/h5-11,19H,12-14H2,1-4H3. The second-order valence-electron chi connectivity index (χ2n) is 9.43. The summed E-state index contributed by atoms with van der Waals surface area (Å²) in [6.45, 7) is 7.87. The Balaban J connectivity index is 1.94. The quantitative estimate of drug-likeness (QED) is 0.495. The maximum absolute atomic E-state index is 13.5. The Bertz CT molecular complexity index is 1150. The molecule has 0 radical (unpaired) electrons. The molecule has 0 saturated heterocycles. The zero-order chi connectivity index (χ0) is 22.5. The number of benzene rings is 2. The van der Waals surface area contributed by atoms with Crippen molar-refractivity contribution in [3.63, 3.8) is 0 Å². The Hall–Kier alpha value is -3.28. The van der Waals surface area contributed by atoms with E-state index in [0.29, 0.717) is 29.8 Å². The van der Waals surface area contributed by atoms with Crippen LogP contribution < -0.4 is 4.90 Å². The summed E-state index contributed by atoms with van der Waals surface area (Å²) in [7, 11) is 0. The summed E-state index contributed by atoms with van der Waals surface area (Å²) in [6, 6.07) is 12.5. The number of nitrogens with zero attached hydrogens (tertiary/aromatic N) is 2. The van der Waals surface area contributed by atoms with Gasteiger partial charge in [-0.2, -0.15) is 0 Å². The van der Waals surface area contributed by atoms with Crippen LogP contribution in [0.25, 0.3) is 0 Å². The Morgan fingerprint density at radius 3 is 2.48 bits per heavy atom. The number of hydrogen-bond acceptors (Lipinski definition) is 4. The first-order chi connectivity index (χ1) is 14.6. The number of amides is 1. The van der Waals surface area contributed by atoms with E-state index in [9.17, 15) is 19.7 Å². The van der Waals surface area contributed by atoms with Crippen molar-refractivity contribution in [1.29, 1.82) is 0 Å². The number of hydrogen-bond donors (Lipinski definition) is 0. The van der Waals surface area contributed by atoms with E-state index in [2.05, 4.69) is 0 Å². The lowest BCUT2D eigenvalue weighted by atomic mass is 9.69. The van der Waals surface area contributed by atoms with Crippen LogP contribution in [0.5, 0.6) is 0 Å². The predicted molar refractivity (Wildman–Crippen MR) is 119 cm³/mol. The summed E-state index contributed by atoms with van der Waals surface area (Å²) in [5, 5.41) is 11.4. The van der Waals surface area contributed by atoms with Crippen molar-refractivity contribution in [3.05, 3.63) is 80.5 Å². The highest BCUT2D eigenvalue weighted by Crippen LogP contribution is 2.48. The van der Waals surface area contributed by atoms with Crippen LogP contribution in [0.15, 0.2) is 53.7 Å². The summed E-state index contributed by atoms with van der Waals surface area (Å²) in [5.74, 6) is -0.376. The van der Waals surface area contributed by atoms with Crippen LogP contribution in [0.2, 0.25) is 0 Å². The van der Waals surface area contributed by atoms with Gasteiger partial charge in [0.1, 0.15) is 0 Å². The van der Waals surface area contributed by atoms with E-state index in [0.717, 1.165) is 16.7 Å². The average molecular weight is 418 g/mol. The minimum atomic E-state index is -0.460. The molecular weight excluding hydrogens is 392 g/mol. The molecule has 2 aliphatic rings. The number of ketones is 1. The lowest BCUT2D eigenvalue weighted by Gasteiger charge is -2.43. The number of Topliss-reactive ketones (excluding diaryl/α,β-unsaturated/α-hetero) is 1. The fraction of sp³-hybridized carbons (Fsp3) is 0.360. The van der Waals surface area contributed by atoms with Crippen molar-refractivity contribution in [2.45, 2.75) is 52.9 Å². The van der Waals surface area contributed by atoms with Crippen molar-refractivity contribution < 1.29 is 14.5 Å². The van der Waals surface area contributed by atoms with Gasteiger partial charge in [0, 0.05) is 42.2 Å². The highest BCUT2D eigenvalue weighted by atomic mass is 16.6. The number of anilines is 1. The summed E-state index contributed by atoms with van der Waals surface area (Å²) < 4.78 is 0. The number of nitro benzene ring substituents is 1. The number of allylic oxidation sites excluding steroid dienone is 2. The molecule has 0 fully saturated rings. The molecule has 1 amide bonds. The van der Waals surface area contributed by atoms with E-state index in [1.54, 1.807) is 11.0 Å². The van der Waals surface area contributed by atoms with Crippen LogP contribution in [0, 0.1) is 29.4 Å². The summed E-state index contributed by atoms with van der Waals surface area (Å²) >= 11 is 0. The third-order valence-corrected chi connectivity index (χ3v) is 6.23. The maximum atomic E-state index is 13.5. The van der Waals surface area contributed by atoms with Gasteiger partial charge in [-0.1, -0.05) is 49.7 Å². The van der Waals surface area contributed by atoms with E-state index in [1.165, 1.54) is 12.1 Å². The molecule has 6 heteroatoms. The SMILES string of the molecule is Cc1cccc(C2CC(=O)N(c3cc([N+](=O)[O-])ccc3C)C3=C2C(=O)CC(C)(C)C3)c1. The zero-order valence-electron chi connectivity index (χ0n) is 18.3. The zero-order valence-corrected chi connectivity index (χ0v) is 18.3. The van der Waals surface area contributed by atoms with Gasteiger partial charge >= 0.3 is 0 Å². The third-order valence-electron chi connectivity index (χ3n) is 6.23. The number of rotatable bonds is 3. The predicted octanol–water partition coefficient (Wildman–Crippen LogP) is 5.38. The van der Waals surface area contributed by atoms with E-state index in [4.69, 9.17) is 0 Å². The van der Waals surface area contributed by atoms with Crippen LogP contribution in [0.1, 0.15) is 55.7 Å². The van der Waals surface area contributed by atoms with Gasteiger partial charge in [0.2, 0.25) is 5.91 Å². The van der Waals surface area contributed by atoms with Crippen LogP contribution in [0.4, 0.5) is 11.4 Å². The van der Waals surface area contributed by atoms with Crippen molar-refractivity contribution in [2.24, 2.45) is 5.41 Å². The maximum Gasteiger partial charge on any atom is 0.271 e. The summed E-state index contributed by atoms with van der Waals surface area (Å²) in [5.41, 5.74) is 4.28. The van der Waals surface area contributed by atoms with E-state index >= 15 is 0 Å². The molecule has 1 aliphatic carbocycles. The van der Waals surface area contributed by atoms with Crippen LogP contribution >= 0.6 is 0 Å². The number of aryl methyl sites for hydroxylation is 2. The molecule has 0 saturated carbocycles. The fourth-order valence-corrected chi connectivity index (χ4v) is 4.82. The van der Waals surface area contributed by atoms with Crippen molar-refractivity contribution in [3.8, 4) is 0 Å². The fourth-order valence-electron chi connectivity index (χ4n) is 4.82. The Morgan fingerprint density at radius 1 is 1.06 bits per heavy atom. The average Bonchev–Trinajstić information content (AvgIpc) is 2.67. The smallest absolute Gasteiger partial charge is 0.271 e. The largest absolute Gasteiger partial charge is 0.294 e. The summed E-state index contributed by atoms with van der Waals surface area (Å²) in [6.07, 6.45) is 1.14. The molecule has 1 unspecified atom stereocenters. The number of non-ortho nitro benzene ring substituents is 1. The Labute approximate surface area is 181 Å². The van der Waals surface area contributed by atoms with Crippen molar-refractivity contribution in [2.75, 3.05) is 4.90 Å². The van der Waals surface area contributed by atoms with Gasteiger partial charge < -0.3 is 0 Å². The number of carbonyl (C=O) groups is 2. The summed E-state index contributed by atoms with van der Waals surface area (Å²) in [4.78, 5) is 39.3. The van der Waals surface area contributed by atoms with Gasteiger partial charge in [0.25, 0.3) is 5.69 Å². The van der Waals surface area contributed by atoms with Gasteiger partial charge in [-0.25, -0.2) is 0 Å². The minimum absolute atomic E-state index is 0.0540. The molecule has 4 rings (SSSR count). The topological polar surface area (TPSA) is 80.5 Å². The molecule has 0 bridgehead atoms. The molecule has 0 aromatic heterocycles. The molecule has 1 atom stereocenters. The molecule has 6 nitrogen and oxygen atoms in total. The Kier molecular flexibility index (Phi) is 5.04. The van der Waals surface area contributed by atoms with Gasteiger partial charge in [-0.15, -0.1) is 0 Å². The third kappa shape index (κ3) is 3.78. The van der Waals surface area contributed by atoms with Crippen LogP contribution in [-0.4, -0.2) is 16.6 Å². The molecule has 2 aromatic carbocycles. The van der Waals surface area contributed by atoms with E-state index in [1.807, 2.05) is 52.0 Å². The molecule has 1 aliphatic heterocycles. The number of nitro groups is 1. The Morgan fingerprint density at radius 2 is 1.81 bits per heavy atom. The van der Waals surface area contributed by atoms with E-state index < -0.39 is 4.92 Å². The van der Waals surface area contributed by atoms with Crippen molar-refractivity contribution >= 4 is 23.1 Å². The molecule has 0 N–H and O–H groups in total. The molecule has 2 aromatic rings. The van der Waals surface area contributed by atoms with E-state index in [-0.39, 0.29) is 35.1 Å². The molecular formula is C25H26N2O4. The molecule has 0 spiro atoms. The van der Waals surface area contributed by atoms with Gasteiger partial charge in [0.15, 0.2) is 5.78 Å². The first kappa shape index (κ1) is 21.0. The first-order valence-electron chi connectivity index (χ1n) is 10.5. The second-order valence-corrected chi connectivity index (χ2v) is 9.43. The van der Waals surface area contributed by atoms with Crippen molar-refractivity contribution in [1.82, 2.24) is 0 Å². The van der Waals surface area contributed by atoms with Crippen LogP contribution in [-0.2, 0) is 9.59 Å². The van der Waals surface area contributed by atoms with Gasteiger partial charge in [0.05, 0.1) is 10.6 Å². The first-order valence-corrected chi connectivity index (χ1v) is 10.5. The lowest BCUT2D eigenvalue weighted by molar-refractivity contribution is -0.384. The number of carbonyl (C=O) groups excluding carboxylic acids is 2. The lowest BCUT2D eigenvalue weighted by Crippen LogP contribution is -2.44. The monoisotopic (exact) mass is 418 g/mol. The van der Waals surface area contributed by atoms with Gasteiger partial charge in [-0.3, -0.25) is 24.6 Å². The second kappa shape index (κ2) is 7.45. The normalized spacial score (nSPS) is 20.6. The van der Waals surface area contributed by atoms with Crippen LogP contribution in [0.3, 0.4) is 0 Å².